The fraction of sp³-hybridized carbons (Fsp3) is 0.500. The second-order valence-corrected chi connectivity index (χ2v) is 4.86. The molecule has 3 heteroatoms. The van der Waals surface area contributed by atoms with Gasteiger partial charge in [0, 0.05) is 18.2 Å². The lowest BCUT2D eigenvalue weighted by atomic mass is 10.1. The molecule has 0 saturated heterocycles. The van der Waals surface area contributed by atoms with E-state index in [0.717, 1.165) is 17.7 Å². The number of amides is 1. The van der Waals surface area contributed by atoms with Crippen molar-refractivity contribution in [2.24, 2.45) is 11.7 Å². The minimum absolute atomic E-state index is 0.0619. The molecule has 1 aromatic carbocycles. The van der Waals surface area contributed by atoms with Gasteiger partial charge in [0.2, 0.25) is 5.91 Å². The third-order valence-corrected chi connectivity index (χ3v) is 2.67. The molecule has 1 amide bonds. The van der Waals surface area contributed by atoms with Gasteiger partial charge in [0.1, 0.15) is 0 Å². The van der Waals surface area contributed by atoms with E-state index in [1.807, 2.05) is 31.2 Å². The van der Waals surface area contributed by atoms with Crippen LogP contribution in [0.25, 0.3) is 0 Å². The lowest BCUT2D eigenvalue weighted by Crippen LogP contribution is -2.16. The van der Waals surface area contributed by atoms with Crippen LogP contribution in [0, 0.1) is 5.92 Å². The Kier molecular flexibility index (Phi) is 5.16. The number of anilines is 1. The molecule has 0 aliphatic rings. The van der Waals surface area contributed by atoms with Gasteiger partial charge in [-0.15, -0.1) is 0 Å². The van der Waals surface area contributed by atoms with Crippen molar-refractivity contribution in [3.05, 3.63) is 29.8 Å². The van der Waals surface area contributed by atoms with Crippen molar-refractivity contribution in [1.29, 1.82) is 0 Å². The molecule has 3 N–H and O–H groups in total. The molecule has 0 bridgehead atoms. The van der Waals surface area contributed by atoms with Gasteiger partial charge < -0.3 is 11.1 Å². The smallest absolute Gasteiger partial charge is 0.224 e. The summed E-state index contributed by atoms with van der Waals surface area (Å²) in [6, 6.07) is 7.61. The Morgan fingerprint density at radius 2 is 1.94 bits per heavy atom. The van der Waals surface area contributed by atoms with Gasteiger partial charge in [-0.1, -0.05) is 32.0 Å². The lowest BCUT2D eigenvalue weighted by molar-refractivity contribution is -0.116. The number of carbonyl (C=O) groups excluding carboxylic acids is 1. The van der Waals surface area contributed by atoms with Crippen LogP contribution in [0.5, 0.6) is 0 Å². The summed E-state index contributed by atoms with van der Waals surface area (Å²) in [6.07, 6.45) is 1.47. The highest BCUT2D eigenvalue weighted by Crippen LogP contribution is 2.21. The van der Waals surface area contributed by atoms with Crippen LogP contribution in [0.4, 0.5) is 5.69 Å². The van der Waals surface area contributed by atoms with Crippen molar-refractivity contribution >= 4 is 11.6 Å². The molecule has 94 valence electrons. The number of carbonyl (C=O) groups is 1. The van der Waals surface area contributed by atoms with E-state index >= 15 is 0 Å². The second-order valence-electron chi connectivity index (χ2n) is 4.86. The molecule has 1 unspecified atom stereocenters. The summed E-state index contributed by atoms with van der Waals surface area (Å²) >= 11 is 0. The van der Waals surface area contributed by atoms with Gasteiger partial charge in [0.05, 0.1) is 0 Å². The van der Waals surface area contributed by atoms with Crippen LogP contribution in [0.1, 0.15) is 45.2 Å². The van der Waals surface area contributed by atoms with Crippen LogP contribution >= 0.6 is 0 Å². The van der Waals surface area contributed by atoms with Gasteiger partial charge in [-0.3, -0.25) is 4.79 Å². The fourth-order valence-electron chi connectivity index (χ4n) is 1.64. The number of benzene rings is 1. The standard InChI is InChI=1S/C14H22N2O/c1-10(2)8-9-14(17)16-13-7-5-4-6-12(13)11(3)15/h4-7,10-11H,8-9,15H2,1-3H3,(H,16,17). The van der Waals surface area contributed by atoms with Crippen LogP contribution in [0.3, 0.4) is 0 Å². The van der Waals surface area contributed by atoms with Crippen molar-refractivity contribution < 1.29 is 4.79 Å². The predicted octanol–water partition coefficient (Wildman–Crippen LogP) is 3.08. The topological polar surface area (TPSA) is 55.1 Å². The maximum Gasteiger partial charge on any atom is 0.224 e. The number of para-hydroxylation sites is 1. The zero-order valence-electron chi connectivity index (χ0n) is 10.9. The molecule has 0 aliphatic heterocycles. The monoisotopic (exact) mass is 234 g/mol. The Morgan fingerprint density at radius 1 is 1.29 bits per heavy atom. The van der Waals surface area contributed by atoms with Gasteiger partial charge in [-0.2, -0.15) is 0 Å². The molecule has 0 saturated carbocycles. The largest absolute Gasteiger partial charge is 0.326 e. The van der Waals surface area contributed by atoms with E-state index in [1.165, 1.54) is 0 Å². The van der Waals surface area contributed by atoms with Gasteiger partial charge in [-0.05, 0) is 30.9 Å². The molecule has 0 heterocycles. The summed E-state index contributed by atoms with van der Waals surface area (Å²) in [4.78, 5) is 11.7. The quantitative estimate of drug-likeness (QED) is 0.822. The average Bonchev–Trinajstić information content (AvgIpc) is 2.27. The second kappa shape index (κ2) is 6.40. The summed E-state index contributed by atoms with van der Waals surface area (Å²) in [5.41, 5.74) is 7.67. The Morgan fingerprint density at radius 3 is 2.53 bits per heavy atom. The van der Waals surface area contributed by atoms with Crippen molar-refractivity contribution in [3.8, 4) is 0 Å². The average molecular weight is 234 g/mol. The highest BCUT2D eigenvalue weighted by atomic mass is 16.1. The van der Waals surface area contributed by atoms with Crippen LogP contribution in [-0.2, 0) is 4.79 Å². The molecule has 3 nitrogen and oxygen atoms in total. The zero-order valence-corrected chi connectivity index (χ0v) is 10.9. The molecular formula is C14H22N2O. The molecule has 0 spiro atoms. The summed E-state index contributed by atoms with van der Waals surface area (Å²) < 4.78 is 0. The van der Waals surface area contributed by atoms with E-state index in [2.05, 4.69) is 19.2 Å². The van der Waals surface area contributed by atoms with E-state index < -0.39 is 0 Å². The van der Waals surface area contributed by atoms with E-state index in [4.69, 9.17) is 5.73 Å². The molecule has 0 radical (unpaired) electrons. The first-order chi connectivity index (χ1) is 8.00. The van der Waals surface area contributed by atoms with E-state index in [-0.39, 0.29) is 11.9 Å². The predicted molar refractivity (Wildman–Crippen MR) is 71.7 cm³/mol. The van der Waals surface area contributed by atoms with Gasteiger partial charge >= 0.3 is 0 Å². The molecule has 1 aromatic rings. The Balaban J connectivity index is 2.65. The molecule has 17 heavy (non-hydrogen) atoms. The van der Waals surface area contributed by atoms with Crippen LogP contribution in [0.15, 0.2) is 24.3 Å². The minimum Gasteiger partial charge on any atom is -0.326 e. The normalized spacial score (nSPS) is 12.5. The van der Waals surface area contributed by atoms with Gasteiger partial charge in [0.15, 0.2) is 0 Å². The fourth-order valence-corrected chi connectivity index (χ4v) is 1.64. The minimum atomic E-state index is -0.0726. The lowest BCUT2D eigenvalue weighted by Gasteiger charge is -2.13. The molecule has 0 fully saturated rings. The summed E-state index contributed by atoms with van der Waals surface area (Å²) in [5.74, 6) is 0.608. The van der Waals surface area contributed by atoms with Crippen molar-refractivity contribution in [2.75, 3.05) is 5.32 Å². The van der Waals surface area contributed by atoms with Crippen LogP contribution < -0.4 is 11.1 Å². The summed E-state index contributed by atoms with van der Waals surface area (Å²) in [6.45, 7) is 6.14. The number of hydrogen-bond donors (Lipinski definition) is 2. The van der Waals surface area contributed by atoms with Crippen LogP contribution in [0.2, 0.25) is 0 Å². The highest BCUT2D eigenvalue weighted by molar-refractivity contribution is 5.91. The Labute approximate surface area is 103 Å². The van der Waals surface area contributed by atoms with E-state index in [0.29, 0.717) is 12.3 Å². The van der Waals surface area contributed by atoms with E-state index in [1.54, 1.807) is 0 Å². The first-order valence-electron chi connectivity index (χ1n) is 6.15. The molecule has 1 rings (SSSR count). The zero-order chi connectivity index (χ0) is 12.8. The molecule has 0 aliphatic carbocycles. The SMILES string of the molecule is CC(C)CCC(=O)Nc1ccccc1C(C)N. The van der Waals surface area contributed by atoms with Crippen molar-refractivity contribution in [1.82, 2.24) is 0 Å². The van der Waals surface area contributed by atoms with Gasteiger partial charge in [-0.25, -0.2) is 0 Å². The third-order valence-electron chi connectivity index (χ3n) is 2.67. The molecular weight excluding hydrogens is 212 g/mol. The number of nitrogens with one attached hydrogen (secondary N) is 1. The van der Waals surface area contributed by atoms with Crippen molar-refractivity contribution in [2.45, 2.75) is 39.7 Å². The highest BCUT2D eigenvalue weighted by Gasteiger charge is 2.09. The maximum absolute atomic E-state index is 11.7. The maximum atomic E-state index is 11.7. The molecule has 0 aromatic heterocycles. The Hall–Kier alpha value is -1.35. The van der Waals surface area contributed by atoms with E-state index in [9.17, 15) is 4.79 Å². The number of hydrogen-bond acceptors (Lipinski definition) is 2. The first-order valence-corrected chi connectivity index (χ1v) is 6.15. The summed E-state index contributed by atoms with van der Waals surface area (Å²) in [7, 11) is 0. The van der Waals surface area contributed by atoms with Crippen LogP contribution in [-0.4, -0.2) is 5.91 Å². The van der Waals surface area contributed by atoms with Crippen molar-refractivity contribution in [3.63, 3.8) is 0 Å². The number of rotatable bonds is 5. The molecule has 1 atom stereocenters. The number of nitrogens with two attached hydrogens (primary N) is 1. The first kappa shape index (κ1) is 13.7. The third kappa shape index (κ3) is 4.57. The summed E-state index contributed by atoms with van der Waals surface area (Å²) in [5, 5.41) is 2.93. The van der Waals surface area contributed by atoms with Gasteiger partial charge in [0.25, 0.3) is 0 Å². The Bertz CT molecular complexity index is 372.